The topological polar surface area (TPSA) is 96.5 Å². The molecule has 6 nitrogen and oxygen atoms in total. The van der Waals surface area contributed by atoms with Crippen LogP contribution in [0.2, 0.25) is 0 Å². The molecular weight excluding hydrogens is 426 g/mol. The number of benzene rings is 2. The van der Waals surface area contributed by atoms with E-state index in [-0.39, 0.29) is 12.8 Å². The van der Waals surface area contributed by atoms with E-state index in [0.717, 1.165) is 24.2 Å². The highest BCUT2D eigenvalue weighted by atomic mass is 32.2. The molecule has 1 atom stereocenters. The van der Waals surface area contributed by atoms with Crippen molar-refractivity contribution in [2.45, 2.75) is 37.4 Å². The van der Waals surface area contributed by atoms with Crippen LogP contribution in [0.25, 0.3) is 0 Å². The zero-order chi connectivity index (χ0) is 23.2. The summed E-state index contributed by atoms with van der Waals surface area (Å²) in [5.41, 5.74) is 2.45. The average molecular weight is 456 g/mol. The van der Waals surface area contributed by atoms with Crippen LogP contribution in [-0.4, -0.2) is 37.3 Å². The summed E-state index contributed by atoms with van der Waals surface area (Å²) in [5.74, 6) is -0.221. The number of hydrogen-bond acceptors (Lipinski definition) is 4. The Labute approximate surface area is 189 Å². The lowest BCUT2D eigenvalue weighted by atomic mass is 9.87. The van der Waals surface area contributed by atoms with Crippen LogP contribution in [0.5, 0.6) is 5.75 Å². The van der Waals surface area contributed by atoms with Gasteiger partial charge in [-0.25, -0.2) is 8.42 Å². The molecule has 3 rings (SSSR count). The van der Waals surface area contributed by atoms with Gasteiger partial charge in [-0.1, -0.05) is 49.7 Å². The zero-order valence-electron chi connectivity index (χ0n) is 18.4. The number of aromatic nitrogens is 1. The fourth-order valence-electron chi connectivity index (χ4n) is 3.91. The van der Waals surface area contributed by atoms with Gasteiger partial charge in [0.15, 0.2) is 9.84 Å². The summed E-state index contributed by atoms with van der Waals surface area (Å²) >= 11 is 0. The Balaban J connectivity index is 2.07. The smallest absolute Gasteiger partial charge is 0.307 e. The fraction of sp³-hybridized carbons (Fsp3) is 0.320. The molecule has 3 aromatic rings. The van der Waals surface area contributed by atoms with Gasteiger partial charge >= 0.3 is 5.97 Å². The zero-order valence-corrected chi connectivity index (χ0v) is 19.2. The average Bonchev–Trinajstić information content (AvgIpc) is 3.27. The van der Waals surface area contributed by atoms with Crippen molar-refractivity contribution in [1.29, 1.82) is 0 Å². The van der Waals surface area contributed by atoms with E-state index in [1.165, 1.54) is 6.26 Å². The van der Waals surface area contributed by atoms with E-state index in [2.05, 4.69) is 11.9 Å². The van der Waals surface area contributed by atoms with Gasteiger partial charge in [0.2, 0.25) is 0 Å². The number of nitrogens with one attached hydrogen (secondary N) is 1. The second-order valence-corrected chi connectivity index (χ2v) is 10.2. The number of aliphatic carboxylic acids is 1. The van der Waals surface area contributed by atoms with Gasteiger partial charge in [-0.05, 0) is 47.4 Å². The van der Waals surface area contributed by atoms with E-state index in [9.17, 15) is 18.3 Å². The fourth-order valence-corrected chi connectivity index (χ4v) is 5.42. The maximum atomic E-state index is 13.4. The van der Waals surface area contributed by atoms with Crippen molar-refractivity contribution < 1.29 is 23.1 Å². The molecule has 0 saturated heterocycles. The van der Waals surface area contributed by atoms with Crippen molar-refractivity contribution >= 4 is 15.8 Å². The number of ether oxygens (including phenoxy) is 1. The van der Waals surface area contributed by atoms with Crippen molar-refractivity contribution in [3.05, 3.63) is 89.2 Å². The monoisotopic (exact) mass is 455 g/mol. The molecule has 1 unspecified atom stereocenters. The van der Waals surface area contributed by atoms with Gasteiger partial charge in [-0.15, -0.1) is 0 Å². The van der Waals surface area contributed by atoms with Gasteiger partial charge < -0.3 is 14.8 Å². The molecule has 0 aliphatic carbocycles. The second kappa shape index (κ2) is 10.0. The predicted octanol–water partition coefficient (Wildman–Crippen LogP) is 4.35. The normalized spacial score (nSPS) is 13.4. The maximum absolute atomic E-state index is 13.4. The summed E-state index contributed by atoms with van der Waals surface area (Å²) in [4.78, 5) is 14.3. The lowest BCUT2D eigenvalue weighted by molar-refractivity contribution is -0.136. The van der Waals surface area contributed by atoms with Crippen molar-refractivity contribution in [1.82, 2.24) is 4.98 Å². The largest absolute Gasteiger partial charge is 0.494 e. The molecule has 7 heteroatoms. The first-order valence-electron chi connectivity index (χ1n) is 10.6. The second-order valence-electron chi connectivity index (χ2n) is 7.98. The molecule has 170 valence electrons. The van der Waals surface area contributed by atoms with Crippen LogP contribution in [-0.2, 0) is 32.2 Å². The highest BCUT2D eigenvalue weighted by molar-refractivity contribution is 7.91. The predicted molar refractivity (Wildman–Crippen MR) is 125 cm³/mol. The van der Waals surface area contributed by atoms with E-state index >= 15 is 0 Å². The summed E-state index contributed by atoms with van der Waals surface area (Å²) < 4.78 is 31.1. The molecule has 32 heavy (non-hydrogen) atoms. The van der Waals surface area contributed by atoms with Crippen LogP contribution >= 0.6 is 0 Å². The number of rotatable bonds is 11. The van der Waals surface area contributed by atoms with Gasteiger partial charge in [-0.3, -0.25) is 4.79 Å². The third-order valence-corrected chi connectivity index (χ3v) is 7.42. The molecule has 1 heterocycles. The van der Waals surface area contributed by atoms with E-state index < -0.39 is 20.6 Å². The van der Waals surface area contributed by atoms with Crippen molar-refractivity contribution in [2.24, 2.45) is 0 Å². The molecule has 0 spiro atoms. The van der Waals surface area contributed by atoms with Crippen LogP contribution < -0.4 is 4.74 Å². The van der Waals surface area contributed by atoms with E-state index in [4.69, 9.17) is 4.74 Å². The summed E-state index contributed by atoms with van der Waals surface area (Å²) in [7, 11) is -3.68. The van der Waals surface area contributed by atoms with Crippen LogP contribution in [0.15, 0.2) is 66.9 Å². The maximum Gasteiger partial charge on any atom is 0.307 e. The van der Waals surface area contributed by atoms with Crippen molar-refractivity contribution in [2.75, 3.05) is 12.9 Å². The minimum absolute atomic E-state index is 0.178. The molecule has 0 bridgehead atoms. The molecule has 0 aliphatic rings. The Kier molecular flexibility index (Phi) is 7.40. The van der Waals surface area contributed by atoms with E-state index in [1.54, 1.807) is 42.6 Å². The first-order chi connectivity index (χ1) is 15.3. The molecule has 0 radical (unpaired) electrons. The SMILES string of the molecule is CCCCOc1ccc(CC(c2cccc(CC(=O)O)c2)(c2ccc[nH]2)S(C)(=O)=O)cc1. The number of carboxylic acids is 1. The Bertz CT molecular complexity index is 1140. The Hall–Kier alpha value is -3.06. The van der Waals surface area contributed by atoms with Gasteiger partial charge in [-0.2, -0.15) is 0 Å². The molecule has 0 aliphatic heterocycles. The van der Waals surface area contributed by atoms with E-state index in [1.807, 2.05) is 24.3 Å². The number of H-pyrrole nitrogens is 1. The van der Waals surface area contributed by atoms with Crippen molar-refractivity contribution in [3.8, 4) is 5.75 Å². The highest BCUT2D eigenvalue weighted by Gasteiger charge is 2.45. The standard InChI is InChI=1S/C25H29NO5S/c1-3-4-15-31-22-12-10-19(11-13-22)18-25(32(2,29)30,23-9-6-14-26-23)21-8-5-7-20(16-21)17-24(27)28/h5-14,16,26H,3-4,15,17-18H2,1-2H3,(H,27,28). The third-order valence-electron chi connectivity index (χ3n) is 5.56. The number of carboxylic acid groups (broad SMARTS) is 1. The number of hydrogen-bond donors (Lipinski definition) is 2. The van der Waals surface area contributed by atoms with Gasteiger partial charge in [0.1, 0.15) is 10.5 Å². The lowest BCUT2D eigenvalue weighted by Gasteiger charge is -2.32. The molecular formula is C25H29NO5S. The van der Waals surface area contributed by atoms with Crippen molar-refractivity contribution in [3.63, 3.8) is 0 Å². The molecule has 2 N–H and O–H groups in total. The molecule has 0 amide bonds. The number of carbonyl (C=O) groups is 1. The minimum Gasteiger partial charge on any atom is -0.494 e. The van der Waals surface area contributed by atoms with Gasteiger partial charge in [0, 0.05) is 24.6 Å². The quantitative estimate of drug-likeness (QED) is 0.419. The van der Waals surface area contributed by atoms with Gasteiger partial charge in [0.05, 0.1) is 13.0 Å². The molecule has 1 aromatic heterocycles. The first kappa shape index (κ1) is 23.6. The van der Waals surface area contributed by atoms with E-state index in [0.29, 0.717) is 23.4 Å². The van der Waals surface area contributed by atoms with Gasteiger partial charge in [0.25, 0.3) is 0 Å². The van der Waals surface area contributed by atoms with Crippen LogP contribution in [0.1, 0.15) is 42.1 Å². The number of unbranched alkanes of at least 4 members (excludes halogenated alkanes) is 1. The Morgan fingerprint density at radius 1 is 1.06 bits per heavy atom. The summed E-state index contributed by atoms with van der Waals surface area (Å²) in [6.07, 6.45) is 4.95. The van der Waals surface area contributed by atoms with Crippen LogP contribution in [0.3, 0.4) is 0 Å². The van der Waals surface area contributed by atoms with Crippen LogP contribution in [0.4, 0.5) is 0 Å². The summed E-state index contributed by atoms with van der Waals surface area (Å²) in [6.45, 7) is 2.74. The highest BCUT2D eigenvalue weighted by Crippen LogP contribution is 2.40. The Morgan fingerprint density at radius 2 is 1.81 bits per heavy atom. The molecule has 0 saturated carbocycles. The summed E-state index contributed by atoms with van der Waals surface area (Å²) in [6, 6.07) is 17.8. The Morgan fingerprint density at radius 3 is 2.41 bits per heavy atom. The molecule has 2 aromatic carbocycles. The summed E-state index contributed by atoms with van der Waals surface area (Å²) in [5, 5.41) is 9.21. The number of sulfone groups is 1. The number of aromatic amines is 1. The first-order valence-corrected chi connectivity index (χ1v) is 12.5. The van der Waals surface area contributed by atoms with Crippen LogP contribution in [0, 0.1) is 0 Å². The minimum atomic E-state index is -3.68. The molecule has 0 fully saturated rings. The third kappa shape index (κ3) is 5.22. The lowest BCUT2D eigenvalue weighted by Crippen LogP contribution is -2.39.